The summed E-state index contributed by atoms with van der Waals surface area (Å²) in [5.74, 6) is -1.61. The van der Waals surface area contributed by atoms with Crippen molar-refractivity contribution in [1.29, 1.82) is 0 Å². The molecule has 1 saturated heterocycles. The largest absolute Gasteiger partial charge is 0.463 e. The molecule has 0 N–H and O–H groups in total. The summed E-state index contributed by atoms with van der Waals surface area (Å²) in [4.78, 5) is 33.5. The van der Waals surface area contributed by atoms with E-state index >= 15 is 0 Å². The Labute approximate surface area is 123 Å². The number of hydrogen-bond donors (Lipinski definition) is 0. The lowest BCUT2D eigenvalue weighted by Gasteiger charge is -2.43. The first-order chi connectivity index (χ1) is 9.72. The van der Waals surface area contributed by atoms with Crippen LogP contribution in [0.25, 0.3) is 0 Å². The first-order valence-electron chi connectivity index (χ1n) is 6.85. The first kappa shape index (κ1) is 17.4. The van der Waals surface area contributed by atoms with Gasteiger partial charge in [0, 0.05) is 26.7 Å². The Balaban J connectivity index is 2.94. The molecule has 2 unspecified atom stereocenters. The number of rotatable bonds is 4. The van der Waals surface area contributed by atoms with Gasteiger partial charge in [-0.1, -0.05) is 6.92 Å². The molecular formula is C14H22O7. The summed E-state index contributed by atoms with van der Waals surface area (Å²) in [5, 5.41) is 0. The van der Waals surface area contributed by atoms with Crippen LogP contribution < -0.4 is 0 Å². The van der Waals surface area contributed by atoms with Crippen LogP contribution in [0.4, 0.5) is 0 Å². The summed E-state index contributed by atoms with van der Waals surface area (Å²) in [6.07, 6.45) is -2.36. The summed E-state index contributed by atoms with van der Waals surface area (Å²) in [6, 6.07) is 0. The quantitative estimate of drug-likeness (QED) is 0.561. The van der Waals surface area contributed by atoms with Crippen LogP contribution in [0.15, 0.2) is 0 Å². The minimum Gasteiger partial charge on any atom is -0.463 e. The van der Waals surface area contributed by atoms with Crippen molar-refractivity contribution in [3.63, 3.8) is 0 Å². The number of carbonyl (C=O) groups excluding carboxylic acids is 3. The zero-order valence-corrected chi connectivity index (χ0v) is 13.0. The second kappa shape index (κ2) is 7.40. The Kier molecular flexibility index (Phi) is 6.14. The molecule has 0 aliphatic carbocycles. The fourth-order valence-corrected chi connectivity index (χ4v) is 2.29. The molecule has 0 aromatic carbocycles. The van der Waals surface area contributed by atoms with Crippen molar-refractivity contribution in [3.8, 4) is 0 Å². The van der Waals surface area contributed by atoms with Crippen molar-refractivity contribution in [1.82, 2.24) is 0 Å². The fraction of sp³-hybridized carbons (Fsp3) is 0.786. The van der Waals surface area contributed by atoms with Crippen molar-refractivity contribution in [3.05, 3.63) is 0 Å². The van der Waals surface area contributed by atoms with Crippen molar-refractivity contribution < 1.29 is 33.3 Å². The average molecular weight is 302 g/mol. The average Bonchev–Trinajstić information content (AvgIpc) is 2.35. The monoisotopic (exact) mass is 302 g/mol. The van der Waals surface area contributed by atoms with Gasteiger partial charge in [0.15, 0.2) is 6.10 Å². The summed E-state index contributed by atoms with van der Waals surface area (Å²) in [5.41, 5.74) is 0. The molecule has 120 valence electrons. The molecule has 7 nitrogen and oxygen atoms in total. The lowest BCUT2D eigenvalue weighted by Crippen LogP contribution is -2.57. The molecule has 5 atom stereocenters. The molecule has 0 bridgehead atoms. The molecule has 1 rings (SSSR count). The van der Waals surface area contributed by atoms with E-state index in [1.165, 1.54) is 20.8 Å². The highest BCUT2D eigenvalue weighted by Crippen LogP contribution is 2.30. The van der Waals surface area contributed by atoms with Gasteiger partial charge in [-0.25, -0.2) is 0 Å². The molecular weight excluding hydrogens is 280 g/mol. The van der Waals surface area contributed by atoms with Gasteiger partial charge < -0.3 is 18.9 Å². The van der Waals surface area contributed by atoms with E-state index in [1.54, 1.807) is 0 Å². The molecule has 1 fully saturated rings. The first-order valence-corrected chi connectivity index (χ1v) is 6.85. The molecule has 0 spiro atoms. The van der Waals surface area contributed by atoms with Crippen LogP contribution in [-0.2, 0) is 33.3 Å². The zero-order valence-electron chi connectivity index (χ0n) is 13.0. The highest BCUT2D eigenvalue weighted by atomic mass is 16.6. The fourth-order valence-electron chi connectivity index (χ4n) is 2.29. The van der Waals surface area contributed by atoms with Gasteiger partial charge >= 0.3 is 17.9 Å². The molecule has 0 saturated carbocycles. The predicted molar refractivity (Wildman–Crippen MR) is 71.2 cm³/mol. The summed E-state index contributed by atoms with van der Waals surface area (Å²) >= 11 is 0. The van der Waals surface area contributed by atoms with Crippen LogP contribution in [0.5, 0.6) is 0 Å². The van der Waals surface area contributed by atoms with E-state index in [4.69, 9.17) is 18.9 Å². The molecule has 0 aromatic rings. The van der Waals surface area contributed by atoms with E-state index < -0.39 is 36.2 Å². The van der Waals surface area contributed by atoms with Gasteiger partial charge in [0.05, 0.1) is 6.10 Å². The molecule has 0 aromatic heterocycles. The molecule has 1 aliphatic heterocycles. The van der Waals surface area contributed by atoms with Crippen molar-refractivity contribution in [2.24, 2.45) is 5.92 Å². The SMILES string of the molecule is CC(=O)OCC1O[C@@H](C)C(C)[C@@H](OC(C)=O)[C@@H]1OC(C)=O. The highest BCUT2D eigenvalue weighted by Gasteiger charge is 2.46. The Bertz CT molecular complexity index is 406. The summed E-state index contributed by atoms with van der Waals surface area (Å²) in [6.45, 7) is 7.43. The minimum atomic E-state index is -0.808. The van der Waals surface area contributed by atoms with E-state index in [0.29, 0.717) is 0 Å². The van der Waals surface area contributed by atoms with E-state index in [9.17, 15) is 14.4 Å². The predicted octanol–water partition coefficient (Wildman–Crippen LogP) is 0.836. The van der Waals surface area contributed by atoms with Gasteiger partial charge in [-0.2, -0.15) is 0 Å². The van der Waals surface area contributed by atoms with Gasteiger partial charge in [-0.3, -0.25) is 14.4 Å². The van der Waals surface area contributed by atoms with Crippen molar-refractivity contribution in [2.45, 2.75) is 59.0 Å². The standard InChI is InChI=1S/C14H22O7/c1-7-8(2)19-12(6-18-9(3)15)14(21-11(5)17)13(7)20-10(4)16/h7-8,12-14H,6H2,1-5H3/t7?,8-,12?,13+,14+/m0/s1. The van der Waals surface area contributed by atoms with Gasteiger partial charge in [0.1, 0.15) is 18.8 Å². The van der Waals surface area contributed by atoms with Crippen LogP contribution >= 0.6 is 0 Å². The third-order valence-corrected chi connectivity index (χ3v) is 3.39. The van der Waals surface area contributed by atoms with Crippen LogP contribution in [0.3, 0.4) is 0 Å². The highest BCUT2D eigenvalue weighted by molar-refractivity contribution is 5.67. The molecule has 1 aliphatic rings. The summed E-state index contributed by atoms with van der Waals surface area (Å²) < 4.78 is 21.2. The third kappa shape index (κ3) is 5.00. The van der Waals surface area contributed by atoms with E-state index in [0.717, 1.165) is 0 Å². The molecule has 7 heteroatoms. The van der Waals surface area contributed by atoms with Crippen LogP contribution in [0.2, 0.25) is 0 Å². The molecule has 0 amide bonds. The lowest BCUT2D eigenvalue weighted by atomic mass is 9.88. The van der Waals surface area contributed by atoms with Gasteiger partial charge in [0.25, 0.3) is 0 Å². The van der Waals surface area contributed by atoms with Crippen LogP contribution in [-0.4, -0.2) is 48.9 Å². The Hall–Kier alpha value is -1.63. The van der Waals surface area contributed by atoms with Crippen molar-refractivity contribution >= 4 is 17.9 Å². The summed E-state index contributed by atoms with van der Waals surface area (Å²) in [7, 11) is 0. The van der Waals surface area contributed by atoms with Crippen LogP contribution in [0, 0.1) is 5.92 Å². The smallest absolute Gasteiger partial charge is 0.303 e. The normalized spacial score (nSPS) is 32.1. The molecule has 1 heterocycles. The van der Waals surface area contributed by atoms with Gasteiger partial charge in [-0.05, 0) is 6.92 Å². The second-order valence-corrected chi connectivity index (χ2v) is 5.19. The number of esters is 3. The van der Waals surface area contributed by atoms with E-state index in [-0.39, 0.29) is 18.6 Å². The maximum atomic E-state index is 11.3. The molecule has 0 radical (unpaired) electrons. The lowest BCUT2D eigenvalue weighted by molar-refractivity contribution is -0.228. The van der Waals surface area contributed by atoms with Crippen molar-refractivity contribution in [2.75, 3.05) is 6.61 Å². The second-order valence-electron chi connectivity index (χ2n) is 5.19. The topological polar surface area (TPSA) is 88.1 Å². The van der Waals surface area contributed by atoms with E-state index in [1.807, 2.05) is 13.8 Å². The Morgan fingerprint density at radius 1 is 0.905 bits per heavy atom. The van der Waals surface area contributed by atoms with Crippen LogP contribution in [0.1, 0.15) is 34.6 Å². The maximum absolute atomic E-state index is 11.3. The maximum Gasteiger partial charge on any atom is 0.303 e. The van der Waals surface area contributed by atoms with E-state index in [2.05, 4.69) is 0 Å². The Morgan fingerprint density at radius 3 is 1.90 bits per heavy atom. The minimum absolute atomic E-state index is 0.0674. The van der Waals surface area contributed by atoms with Gasteiger partial charge in [0.2, 0.25) is 0 Å². The zero-order chi connectivity index (χ0) is 16.2. The number of hydrogen-bond acceptors (Lipinski definition) is 7. The Morgan fingerprint density at radius 2 is 1.43 bits per heavy atom. The third-order valence-electron chi connectivity index (χ3n) is 3.39. The molecule has 21 heavy (non-hydrogen) atoms. The number of carbonyl (C=O) groups is 3. The number of ether oxygens (including phenoxy) is 4. The van der Waals surface area contributed by atoms with Gasteiger partial charge in [-0.15, -0.1) is 0 Å².